The molecule has 0 aromatic heterocycles. The van der Waals surface area contributed by atoms with Crippen molar-refractivity contribution in [1.82, 2.24) is 0 Å². The molecule has 0 radical (unpaired) electrons. The van der Waals surface area contributed by atoms with Gasteiger partial charge in [0.1, 0.15) is 11.4 Å². The number of carbonyl (C=O) groups is 1. The Morgan fingerprint density at radius 2 is 1.86 bits per heavy atom. The van der Waals surface area contributed by atoms with Crippen molar-refractivity contribution in [2.24, 2.45) is 0 Å². The average Bonchev–Trinajstić information content (AvgIpc) is 2.62. The molecule has 150 valence electrons. The summed E-state index contributed by atoms with van der Waals surface area (Å²) in [5.41, 5.74) is -1.36. The summed E-state index contributed by atoms with van der Waals surface area (Å²) in [6, 6.07) is 8.91. The summed E-state index contributed by atoms with van der Waals surface area (Å²) in [6.45, 7) is 2.38. The maximum atomic E-state index is 12.7. The molecule has 0 bridgehead atoms. The van der Waals surface area contributed by atoms with Gasteiger partial charge in [0.25, 0.3) is 5.69 Å². The van der Waals surface area contributed by atoms with E-state index in [1.165, 1.54) is 0 Å². The summed E-state index contributed by atoms with van der Waals surface area (Å²) in [4.78, 5) is 22.1. The van der Waals surface area contributed by atoms with Gasteiger partial charge in [0.2, 0.25) is 5.91 Å². The second kappa shape index (κ2) is 9.07. The van der Waals surface area contributed by atoms with Crippen molar-refractivity contribution in [3.05, 3.63) is 58.1 Å². The van der Waals surface area contributed by atoms with E-state index in [4.69, 9.17) is 4.74 Å². The third-order valence-corrected chi connectivity index (χ3v) is 3.64. The topological polar surface area (TPSA) is 93.5 Å². The van der Waals surface area contributed by atoms with Gasteiger partial charge in [-0.3, -0.25) is 14.9 Å². The highest BCUT2D eigenvalue weighted by Gasteiger charge is 2.33. The van der Waals surface area contributed by atoms with E-state index in [1.54, 1.807) is 24.3 Å². The van der Waals surface area contributed by atoms with E-state index in [0.717, 1.165) is 12.1 Å². The van der Waals surface area contributed by atoms with Gasteiger partial charge in [0, 0.05) is 24.7 Å². The molecule has 1 amide bonds. The van der Waals surface area contributed by atoms with Crippen LogP contribution in [0.2, 0.25) is 0 Å². The van der Waals surface area contributed by atoms with Gasteiger partial charge in [0.05, 0.1) is 17.1 Å². The minimum Gasteiger partial charge on any atom is -0.494 e. The van der Waals surface area contributed by atoms with Gasteiger partial charge in [-0.2, -0.15) is 13.2 Å². The molecule has 0 heterocycles. The lowest BCUT2D eigenvalue weighted by Crippen LogP contribution is -2.16. The van der Waals surface area contributed by atoms with Crippen LogP contribution < -0.4 is 15.4 Å². The highest BCUT2D eigenvalue weighted by molar-refractivity contribution is 5.91. The number of anilines is 2. The molecular formula is C18H18F3N3O4. The number of ether oxygens (including phenoxy) is 1. The van der Waals surface area contributed by atoms with Gasteiger partial charge >= 0.3 is 6.18 Å². The Morgan fingerprint density at radius 1 is 1.18 bits per heavy atom. The Bertz CT molecular complexity index is 839. The Morgan fingerprint density at radius 3 is 2.43 bits per heavy atom. The molecule has 0 aliphatic rings. The zero-order chi connectivity index (χ0) is 20.7. The number of amides is 1. The van der Waals surface area contributed by atoms with Crippen molar-refractivity contribution in [3.63, 3.8) is 0 Å². The number of benzene rings is 2. The van der Waals surface area contributed by atoms with Gasteiger partial charge in [0.15, 0.2) is 0 Å². The predicted octanol–water partition coefficient (Wildman–Crippen LogP) is 4.45. The third kappa shape index (κ3) is 5.86. The number of alkyl halides is 3. The molecule has 0 spiro atoms. The minimum atomic E-state index is -4.68. The van der Waals surface area contributed by atoms with Gasteiger partial charge in [-0.05, 0) is 43.3 Å². The first-order valence-corrected chi connectivity index (χ1v) is 8.33. The van der Waals surface area contributed by atoms with E-state index >= 15 is 0 Å². The molecule has 0 fully saturated rings. The number of hydrogen-bond donors (Lipinski definition) is 2. The maximum absolute atomic E-state index is 12.7. The SMILES string of the molecule is CCOc1ccc(NC(=O)CCNc2ccc(C(F)(F)F)cc2[N+](=O)[O-])cc1. The summed E-state index contributed by atoms with van der Waals surface area (Å²) in [5.74, 6) is 0.308. The smallest absolute Gasteiger partial charge is 0.416 e. The molecule has 2 aromatic carbocycles. The van der Waals surface area contributed by atoms with E-state index < -0.39 is 22.4 Å². The van der Waals surface area contributed by atoms with Crippen LogP contribution in [0.1, 0.15) is 18.9 Å². The van der Waals surface area contributed by atoms with Crippen molar-refractivity contribution >= 4 is 23.0 Å². The first-order chi connectivity index (χ1) is 13.2. The van der Waals surface area contributed by atoms with Crippen LogP contribution in [0.5, 0.6) is 5.75 Å². The van der Waals surface area contributed by atoms with Crippen molar-refractivity contribution in [3.8, 4) is 5.75 Å². The maximum Gasteiger partial charge on any atom is 0.416 e. The minimum absolute atomic E-state index is 0.00900. The second-order valence-electron chi connectivity index (χ2n) is 5.67. The van der Waals surface area contributed by atoms with E-state index in [1.807, 2.05) is 6.92 Å². The zero-order valence-corrected chi connectivity index (χ0v) is 14.9. The van der Waals surface area contributed by atoms with Crippen molar-refractivity contribution < 1.29 is 27.6 Å². The summed E-state index contributed by atoms with van der Waals surface area (Å²) < 4.78 is 43.4. The van der Waals surface area contributed by atoms with E-state index in [0.29, 0.717) is 24.1 Å². The van der Waals surface area contributed by atoms with Crippen molar-refractivity contribution in [2.45, 2.75) is 19.5 Å². The van der Waals surface area contributed by atoms with Gasteiger partial charge in [-0.25, -0.2) is 0 Å². The molecule has 28 heavy (non-hydrogen) atoms. The Kier molecular flexibility index (Phi) is 6.80. The first-order valence-electron chi connectivity index (χ1n) is 8.33. The summed E-state index contributed by atoms with van der Waals surface area (Å²) >= 11 is 0. The summed E-state index contributed by atoms with van der Waals surface area (Å²) in [7, 11) is 0. The fraction of sp³-hybridized carbons (Fsp3) is 0.278. The molecule has 0 aliphatic heterocycles. The predicted molar refractivity (Wildman–Crippen MR) is 97.4 cm³/mol. The lowest BCUT2D eigenvalue weighted by molar-refractivity contribution is -0.384. The number of nitro groups is 1. The van der Waals surface area contributed by atoms with Crippen LogP contribution >= 0.6 is 0 Å². The van der Waals surface area contributed by atoms with Crippen LogP contribution in [-0.2, 0) is 11.0 Å². The zero-order valence-electron chi connectivity index (χ0n) is 14.9. The van der Waals surface area contributed by atoms with E-state index in [9.17, 15) is 28.1 Å². The van der Waals surface area contributed by atoms with E-state index in [2.05, 4.69) is 10.6 Å². The summed E-state index contributed by atoms with van der Waals surface area (Å²) in [5, 5.41) is 16.3. The highest BCUT2D eigenvalue weighted by atomic mass is 19.4. The molecule has 2 rings (SSSR count). The summed E-state index contributed by atoms with van der Waals surface area (Å²) in [6.07, 6.45) is -4.72. The van der Waals surface area contributed by atoms with Crippen LogP contribution in [0.15, 0.2) is 42.5 Å². The molecule has 2 aromatic rings. The standard InChI is InChI=1S/C18H18F3N3O4/c1-2-28-14-6-4-13(5-7-14)23-17(25)9-10-22-15-8-3-12(18(19,20)21)11-16(15)24(26)27/h3-8,11,22H,2,9-10H2,1H3,(H,23,25). The lowest BCUT2D eigenvalue weighted by atomic mass is 10.1. The monoisotopic (exact) mass is 397 g/mol. The largest absolute Gasteiger partial charge is 0.494 e. The van der Waals surface area contributed by atoms with Crippen LogP contribution in [-0.4, -0.2) is 24.0 Å². The molecule has 2 N–H and O–H groups in total. The highest BCUT2D eigenvalue weighted by Crippen LogP contribution is 2.34. The van der Waals surface area contributed by atoms with Crippen LogP contribution in [0.3, 0.4) is 0 Å². The van der Waals surface area contributed by atoms with Crippen LogP contribution in [0, 0.1) is 10.1 Å². The molecule has 0 aliphatic carbocycles. The van der Waals surface area contributed by atoms with Crippen LogP contribution in [0.4, 0.5) is 30.2 Å². The fourth-order valence-electron chi connectivity index (χ4n) is 2.34. The number of nitrogens with zero attached hydrogens (tertiary/aromatic N) is 1. The third-order valence-electron chi connectivity index (χ3n) is 3.64. The molecule has 7 nitrogen and oxygen atoms in total. The molecule has 0 saturated carbocycles. The van der Waals surface area contributed by atoms with Gasteiger partial charge in [-0.1, -0.05) is 0 Å². The molecule has 0 unspecified atom stereocenters. The second-order valence-corrected chi connectivity index (χ2v) is 5.67. The lowest BCUT2D eigenvalue weighted by Gasteiger charge is -2.11. The Balaban J connectivity index is 1.93. The van der Waals surface area contributed by atoms with E-state index in [-0.39, 0.29) is 24.6 Å². The normalized spacial score (nSPS) is 11.0. The van der Waals surface area contributed by atoms with Crippen molar-refractivity contribution in [1.29, 1.82) is 0 Å². The average molecular weight is 397 g/mol. The van der Waals surface area contributed by atoms with Crippen LogP contribution in [0.25, 0.3) is 0 Å². The number of halogens is 3. The van der Waals surface area contributed by atoms with Crippen molar-refractivity contribution in [2.75, 3.05) is 23.8 Å². The first kappa shape index (κ1) is 21.0. The Labute approximate surface area is 158 Å². The Hall–Kier alpha value is -3.30. The number of hydrogen-bond acceptors (Lipinski definition) is 5. The fourth-order valence-corrected chi connectivity index (χ4v) is 2.34. The quantitative estimate of drug-likeness (QED) is 0.507. The number of carbonyl (C=O) groups excluding carboxylic acids is 1. The molecule has 0 saturated heterocycles. The number of nitro benzene ring substituents is 1. The molecular weight excluding hydrogens is 379 g/mol. The number of rotatable bonds is 8. The van der Waals surface area contributed by atoms with Gasteiger partial charge < -0.3 is 15.4 Å². The number of nitrogens with one attached hydrogen (secondary N) is 2. The van der Waals surface area contributed by atoms with Gasteiger partial charge in [-0.15, -0.1) is 0 Å². The molecule has 10 heteroatoms. The molecule has 0 atom stereocenters.